The second kappa shape index (κ2) is 6.57. The van der Waals surface area contributed by atoms with Crippen LogP contribution in [-0.2, 0) is 4.74 Å². The van der Waals surface area contributed by atoms with Crippen molar-refractivity contribution in [1.29, 1.82) is 0 Å². The van der Waals surface area contributed by atoms with Gasteiger partial charge in [-0.05, 0) is 45.7 Å². The molecule has 122 valence electrons. The highest BCUT2D eigenvalue weighted by molar-refractivity contribution is 5.68. The minimum Gasteiger partial charge on any atom is -0.444 e. The first-order chi connectivity index (χ1) is 10.3. The van der Waals surface area contributed by atoms with Crippen molar-refractivity contribution in [2.24, 2.45) is 0 Å². The van der Waals surface area contributed by atoms with E-state index in [0.29, 0.717) is 25.9 Å². The normalized spacial score (nSPS) is 17.9. The van der Waals surface area contributed by atoms with Crippen molar-refractivity contribution < 1.29 is 14.6 Å². The third-order valence-electron chi connectivity index (χ3n) is 3.86. The fraction of sp³-hybridized carbons (Fsp3) is 0.588. The standard InChI is InChI=1S/C17H26N2O3/c1-16(2,3)22-15(21)19-11-9-17(13-20,10-12-19)18-14-7-5-4-6-8-14/h4-8,18,20H,9-13H2,1-3H3. The zero-order valence-corrected chi connectivity index (χ0v) is 13.6. The summed E-state index contributed by atoms with van der Waals surface area (Å²) in [7, 11) is 0. The summed E-state index contributed by atoms with van der Waals surface area (Å²) in [6, 6.07) is 9.85. The molecule has 0 spiro atoms. The Morgan fingerprint density at radius 1 is 1.27 bits per heavy atom. The highest BCUT2D eigenvalue weighted by atomic mass is 16.6. The van der Waals surface area contributed by atoms with Crippen molar-refractivity contribution in [3.8, 4) is 0 Å². The van der Waals surface area contributed by atoms with Crippen molar-refractivity contribution in [3.05, 3.63) is 30.3 Å². The maximum absolute atomic E-state index is 12.1. The Kier molecular flexibility index (Phi) is 4.96. The molecule has 1 saturated heterocycles. The number of hydrogen-bond donors (Lipinski definition) is 2. The lowest BCUT2D eigenvalue weighted by Gasteiger charge is -2.42. The molecule has 0 atom stereocenters. The van der Waals surface area contributed by atoms with Crippen LogP contribution in [0.5, 0.6) is 0 Å². The van der Waals surface area contributed by atoms with Gasteiger partial charge >= 0.3 is 6.09 Å². The van der Waals surface area contributed by atoms with Crippen LogP contribution in [0.3, 0.4) is 0 Å². The van der Waals surface area contributed by atoms with Gasteiger partial charge in [-0.15, -0.1) is 0 Å². The quantitative estimate of drug-likeness (QED) is 0.901. The Morgan fingerprint density at radius 3 is 2.36 bits per heavy atom. The molecule has 5 nitrogen and oxygen atoms in total. The molecule has 22 heavy (non-hydrogen) atoms. The Morgan fingerprint density at radius 2 is 1.86 bits per heavy atom. The maximum atomic E-state index is 12.1. The van der Waals surface area contributed by atoms with E-state index in [1.807, 2.05) is 51.1 Å². The lowest BCUT2D eigenvalue weighted by Crippen LogP contribution is -2.53. The molecule has 0 radical (unpaired) electrons. The highest BCUT2D eigenvalue weighted by Crippen LogP contribution is 2.27. The van der Waals surface area contributed by atoms with Crippen LogP contribution in [0, 0.1) is 0 Å². The van der Waals surface area contributed by atoms with Crippen LogP contribution in [0.15, 0.2) is 30.3 Å². The number of likely N-dealkylation sites (tertiary alicyclic amines) is 1. The number of anilines is 1. The Labute approximate surface area is 132 Å². The summed E-state index contributed by atoms with van der Waals surface area (Å²) < 4.78 is 5.40. The Bertz CT molecular complexity index is 488. The summed E-state index contributed by atoms with van der Waals surface area (Å²) in [4.78, 5) is 13.8. The highest BCUT2D eigenvalue weighted by Gasteiger charge is 2.36. The molecule has 1 heterocycles. The topological polar surface area (TPSA) is 61.8 Å². The molecule has 1 aliphatic rings. The molecule has 1 fully saturated rings. The second-order valence-corrected chi connectivity index (χ2v) is 6.90. The SMILES string of the molecule is CC(C)(C)OC(=O)N1CCC(CO)(Nc2ccccc2)CC1. The molecule has 5 heteroatoms. The van der Waals surface area contributed by atoms with Gasteiger partial charge in [-0.1, -0.05) is 18.2 Å². The predicted molar refractivity (Wildman–Crippen MR) is 86.9 cm³/mol. The number of rotatable bonds is 3. The summed E-state index contributed by atoms with van der Waals surface area (Å²) in [6.45, 7) is 6.80. The second-order valence-electron chi connectivity index (χ2n) is 6.90. The first kappa shape index (κ1) is 16.6. The molecule has 0 bridgehead atoms. The average Bonchev–Trinajstić information content (AvgIpc) is 2.47. The van der Waals surface area contributed by atoms with Gasteiger partial charge < -0.3 is 20.1 Å². The summed E-state index contributed by atoms with van der Waals surface area (Å²) in [6.07, 6.45) is 1.11. The third kappa shape index (κ3) is 4.37. The van der Waals surface area contributed by atoms with Gasteiger partial charge in [0.1, 0.15) is 5.60 Å². The van der Waals surface area contributed by atoms with E-state index in [9.17, 15) is 9.90 Å². The van der Waals surface area contributed by atoms with Crippen molar-refractivity contribution >= 4 is 11.8 Å². The first-order valence-electron chi connectivity index (χ1n) is 7.76. The number of benzene rings is 1. The largest absolute Gasteiger partial charge is 0.444 e. The molecule has 0 aliphatic carbocycles. The lowest BCUT2D eigenvalue weighted by atomic mass is 9.88. The molecule has 1 aliphatic heterocycles. The Hall–Kier alpha value is -1.75. The van der Waals surface area contributed by atoms with Crippen molar-refractivity contribution in [2.45, 2.75) is 44.8 Å². The monoisotopic (exact) mass is 306 g/mol. The number of aliphatic hydroxyl groups is 1. The summed E-state index contributed by atoms with van der Waals surface area (Å²) in [5.41, 5.74) is 0.132. The number of para-hydroxylation sites is 1. The van der Waals surface area contributed by atoms with E-state index >= 15 is 0 Å². The number of nitrogens with one attached hydrogen (secondary N) is 1. The van der Waals surface area contributed by atoms with Crippen molar-refractivity contribution in [2.75, 3.05) is 25.0 Å². The van der Waals surface area contributed by atoms with Gasteiger partial charge in [0.15, 0.2) is 0 Å². The average molecular weight is 306 g/mol. The van der Waals surface area contributed by atoms with Gasteiger partial charge in [0, 0.05) is 18.8 Å². The van der Waals surface area contributed by atoms with Gasteiger partial charge in [0.2, 0.25) is 0 Å². The molecule has 1 amide bonds. The molecule has 1 aromatic rings. The van der Waals surface area contributed by atoms with Crippen LogP contribution in [0.4, 0.5) is 10.5 Å². The van der Waals surface area contributed by atoms with Crippen molar-refractivity contribution in [3.63, 3.8) is 0 Å². The van der Waals surface area contributed by atoms with E-state index in [-0.39, 0.29) is 18.2 Å². The number of nitrogens with zero attached hydrogens (tertiary/aromatic N) is 1. The predicted octanol–water partition coefficient (Wildman–Crippen LogP) is 2.86. The van der Waals surface area contributed by atoms with Crippen LogP contribution in [0.2, 0.25) is 0 Å². The zero-order chi connectivity index (χ0) is 16.2. The lowest BCUT2D eigenvalue weighted by molar-refractivity contribution is 0.0148. The molecular formula is C17H26N2O3. The molecular weight excluding hydrogens is 280 g/mol. The van der Waals surface area contributed by atoms with Crippen LogP contribution in [0.25, 0.3) is 0 Å². The number of hydrogen-bond acceptors (Lipinski definition) is 4. The van der Waals surface area contributed by atoms with E-state index in [2.05, 4.69) is 5.32 Å². The van der Waals surface area contributed by atoms with E-state index in [4.69, 9.17) is 4.74 Å². The third-order valence-corrected chi connectivity index (χ3v) is 3.86. The summed E-state index contributed by atoms with van der Waals surface area (Å²) >= 11 is 0. The van der Waals surface area contributed by atoms with E-state index in [1.165, 1.54) is 0 Å². The number of ether oxygens (including phenoxy) is 1. The van der Waals surface area contributed by atoms with Gasteiger partial charge in [0.25, 0.3) is 0 Å². The van der Waals surface area contributed by atoms with E-state index in [1.54, 1.807) is 4.90 Å². The van der Waals surface area contributed by atoms with E-state index < -0.39 is 5.60 Å². The molecule has 0 saturated carbocycles. The van der Waals surface area contributed by atoms with Gasteiger partial charge in [-0.25, -0.2) is 4.79 Å². The van der Waals surface area contributed by atoms with E-state index in [0.717, 1.165) is 5.69 Å². The number of carbonyl (C=O) groups is 1. The summed E-state index contributed by atoms with van der Waals surface area (Å²) in [5.74, 6) is 0. The fourth-order valence-corrected chi connectivity index (χ4v) is 2.59. The van der Waals surface area contributed by atoms with Crippen molar-refractivity contribution in [1.82, 2.24) is 4.90 Å². The number of amides is 1. The number of aliphatic hydroxyl groups excluding tert-OH is 1. The van der Waals surface area contributed by atoms with Gasteiger partial charge in [-0.3, -0.25) is 0 Å². The molecule has 2 rings (SSSR count). The minimum atomic E-state index is -0.481. The van der Waals surface area contributed by atoms with Gasteiger partial charge in [-0.2, -0.15) is 0 Å². The molecule has 0 aromatic heterocycles. The van der Waals surface area contributed by atoms with Crippen LogP contribution >= 0.6 is 0 Å². The van der Waals surface area contributed by atoms with Crippen LogP contribution < -0.4 is 5.32 Å². The zero-order valence-electron chi connectivity index (χ0n) is 13.6. The summed E-state index contributed by atoms with van der Waals surface area (Å²) in [5, 5.41) is 13.2. The van der Waals surface area contributed by atoms with Crippen LogP contribution in [0.1, 0.15) is 33.6 Å². The fourth-order valence-electron chi connectivity index (χ4n) is 2.59. The van der Waals surface area contributed by atoms with Crippen LogP contribution in [-0.4, -0.2) is 46.9 Å². The first-order valence-corrected chi connectivity index (χ1v) is 7.76. The minimum absolute atomic E-state index is 0.0457. The smallest absolute Gasteiger partial charge is 0.410 e. The molecule has 1 aromatic carbocycles. The maximum Gasteiger partial charge on any atom is 0.410 e. The number of piperidine rings is 1. The Balaban J connectivity index is 1.95. The number of carbonyl (C=O) groups excluding carboxylic acids is 1. The van der Waals surface area contributed by atoms with Gasteiger partial charge in [0.05, 0.1) is 12.1 Å². The molecule has 0 unspecified atom stereocenters. The molecule has 2 N–H and O–H groups in total.